The number of likely N-dealkylation sites (tertiary alicyclic amines) is 1. The Morgan fingerprint density at radius 1 is 1.35 bits per heavy atom. The van der Waals surface area contributed by atoms with Crippen LogP contribution in [0.4, 0.5) is 0 Å². The van der Waals surface area contributed by atoms with Gasteiger partial charge in [0.2, 0.25) is 0 Å². The van der Waals surface area contributed by atoms with Crippen molar-refractivity contribution < 1.29 is 10.2 Å². The predicted octanol–water partition coefficient (Wildman–Crippen LogP) is 2.22. The standard InChI is InChI=1S/C16H23NO2S/c1-16(19)8-4-10-17(11-9-16)13-15-7-6-14(20-15)5-2-3-12-18/h6-7,18-19H,3-4,8-13H2,1H3. The number of rotatable bonds is 3. The summed E-state index contributed by atoms with van der Waals surface area (Å²) < 4.78 is 0. The Balaban J connectivity index is 1.89. The summed E-state index contributed by atoms with van der Waals surface area (Å²) in [7, 11) is 0. The second-order valence-corrected chi connectivity index (χ2v) is 6.84. The molecule has 110 valence electrons. The molecule has 1 saturated heterocycles. The van der Waals surface area contributed by atoms with Gasteiger partial charge in [-0.25, -0.2) is 0 Å². The molecule has 0 spiro atoms. The lowest BCUT2D eigenvalue weighted by atomic mass is 9.98. The lowest BCUT2D eigenvalue weighted by Crippen LogP contribution is -2.27. The number of aliphatic hydroxyl groups is 2. The Bertz CT molecular complexity index is 484. The van der Waals surface area contributed by atoms with Crippen LogP contribution < -0.4 is 0 Å². The molecule has 1 unspecified atom stereocenters. The zero-order valence-electron chi connectivity index (χ0n) is 12.1. The first kappa shape index (κ1) is 15.5. The molecule has 2 heterocycles. The Morgan fingerprint density at radius 3 is 3.00 bits per heavy atom. The minimum atomic E-state index is -0.495. The third-order valence-electron chi connectivity index (χ3n) is 3.65. The molecule has 0 amide bonds. The van der Waals surface area contributed by atoms with Crippen molar-refractivity contribution in [2.75, 3.05) is 19.7 Å². The second-order valence-electron chi connectivity index (χ2n) is 5.67. The highest BCUT2D eigenvalue weighted by Crippen LogP contribution is 2.24. The van der Waals surface area contributed by atoms with Gasteiger partial charge in [0, 0.05) is 24.4 Å². The molecule has 1 aromatic rings. The van der Waals surface area contributed by atoms with Crippen LogP contribution in [0.25, 0.3) is 0 Å². The van der Waals surface area contributed by atoms with Crippen molar-refractivity contribution in [1.29, 1.82) is 0 Å². The lowest BCUT2D eigenvalue weighted by Gasteiger charge is -2.21. The van der Waals surface area contributed by atoms with E-state index >= 15 is 0 Å². The molecule has 2 rings (SSSR count). The van der Waals surface area contributed by atoms with Crippen LogP contribution in [-0.4, -0.2) is 40.4 Å². The van der Waals surface area contributed by atoms with Crippen LogP contribution in [0, 0.1) is 11.8 Å². The maximum Gasteiger partial charge on any atom is 0.0771 e. The van der Waals surface area contributed by atoms with Crippen LogP contribution in [0.2, 0.25) is 0 Å². The van der Waals surface area contributed by atoms with Gasteiger partial charge >= 0.3 is 0 Å². The third-order valence-corrected chi connectivity index (χ3v) is 4.63. The number of nitrogens with zero attached hydrogens (tertiary/aromatic N) is 1. The summed E-state index contributed by atoms with van der Waals surface area (Å²) in [4.78, 5) is 4.80. The molecule has 0 aliphatic carbocycles. The summed E-state index contributed by atoms with van der Waals surface area (Å²) in [6.07, 6.45) is 3.34. The Labute approximate surface area is 125 Å². The van der Waals surface area contributed by atoms with E-state index in [1.165, 1.54) is 4.88 Å². The van der Waals surface area contributed by atoms with E-state index in [0.29, 0.717) is 6.42 Å². The fourth-order valence-electron chi connectivity index (χ4n) is 2.43. The van der Waals surface area contributed by atoms with Gasteiger partial charge in [0.05, 0.1) is 17.1 Å². The topological polar surface area (TPSA) is 43.7 Å². The highest BCUT2D eigenvalue weighted by Gasteiger charge is 2.24. The molecular formula is C16H23NO2S. The fraction of sp³-hybridized carbons (Fsp3) is 0.625. The van der Waals surface area contributed by atoms with E-state index in [2.05, 4.69) is 28.9 Å². The van der Waals surface area contributed by atoms with Crippen molar-refractivity contribution in [2.24, 2.45) is 0 Å². The highest BCUT2D eigenvalue weighted by molar-refractivity contribution is 7.12. The van der Waals surface area contributed by atoms with E-state index in [-0.39, 0.29) is 6.61 Å². The molecule has 1 atom stereocenters. The summed E-state index contributed by atoms with van der Waals surface area (Å²) in [6, 6.07) is 4.19. The van der Waals surface area contributed by atoms with Gasteiger partial charge in [-0.1, -0.05) is 11.8 Å². The molecule has 1 fully saturated rings. The molecule has 0 saturated carbocycles. The summed E-state index contributed by atoms with van der Waals surface area (Å²) in [5.41, 5.74) is -0.495. The zero-order chi connectivity index (χ0) is 14.4. The minimum absolute atomic E-state index is 0.124. The van der Waals surface area contributed by atoms with Crippen LogP contribution >= 0.6 is 11.3 Å². The maximum absolute atomic E-state index is 10.1. The summed E-state index contributed by atoms with van der Waals surface area (Å²) >= 11 is 1.72. The number of hydrogen-bond donors (Lipinski definition) is 2. The van der Waals surface area contributed by atoms with E-state index in [1.807, 2.05) is 6.92 Å². The fourth-order valence-corrected chi connectivity index (χ4v) is 3.36. The van der Waals surface area contributed by atoms with Gasteiger partial charge in [-0.3, -0.25) is 4.90 Å². The Hall–Kier alpha value is -0.860. The van der Waals surface area contributed by atoms with Crippen LogP contribution in [-0.2, 0) is 6.54 Å². The van der Waals surface area contributed by atoms with Crippen molar-refractivity contribution in [3.63, 3.8) is 0 Å². The van der Waals surface area contributed by atoms with Gasteiger partial charge in [0.1, 0.15) is 0 Å². The van der Waals surface area contributed by atoms with Gasteiger partial charge in [-0.2, -0.15) is 0 Å². The molecule has 0 radical (unpaired) electrons. The Morgan fingerprint density at radius 2 is 2.20 bits per heavy atom. The monoisotopic (exact) mass is 293 g/mol. The van der Waals surface area contributed by atoms with Gasteiger partial charge in [0.25, 0.3) is 0 Å². The summed E-state index contributed by atoms with van der Waals surface area (Å²) in [5.74, 6) is 6.03. The van der Waals surface area contributed by atoms with E-state index in [4.69, 9.17) is 5.11 Å². The van der Waals surface area contributed by atoms with Crippen molar-refractivity contribution in [2.45, 2.75) is 44.8 Å². The first-order valence-electron chi connectivity index (χ1n) is 7.22. The molecule has 3 nitrogen and oxygen atoms in total. The average molecular weight is 293 g/mol. The van der Waals surface area contributed by atoms with E-state index in [9.17, 15) is 5.11 Å². The second kappa shape index (κ2) is 7.24. The van der Waals surface area contributed by atoms with Gasteiger partial charge in [-0.05, 0) is 44.9 Å². The SMILES string of the molecule is CC1(O)CCCN(Cc2ccc(C#CCCO)s2)CC1. The first-order chi connectivity index (χ1) is 9.59. The largest absolute Gasteiger partial charge is 0.395 e. The van der Waals surface area contributed by atoms with Gasteiger partial charge in [-0.15, -0.1) is 11.3 Å². The molecule has 1 aromatic heterocycles. The summed E-state index contributed by atoms with van der Waals surface area (Å²) in [5, 5.41) is 18.8. The average Bonchev–Trinajstić information content (AvgIpc) is 2.76. The molecule has 20 heavy (non-hydrogen) atoms. The molecule has 1 aliphatic heterocycles. The number of hydrogen-bond acceptors (Lipinski definition) is 4. The highest BCUT2D eigenvalue weighted by atomic mass is 32.1. The van der Waals surface area contributed by atoms with Crippen LogP contribution in [0.15, 0.2) is 12.1 Å². The van der Waals surface area contributed by atoms with Crippen LogP contribution in [0.3, 0.4) is 0 Å². The lowest BCUT2D eigenvalue weighted by molar-refractivity contribution is 0.0444. The summed E-state index contributed by atoms with van der Waals surface area (Å²) in [6.45, 7) is 5.02. The van der Waals surface area contributed by atoms with Crippen LogP contribution in [0.5, 0.6) is 0 Å². The number of aliphatic hydroxyl groups excluding tert-OH is 1. The predicted molar refractivity (Wildman–Crippen MR) is 82.7 cm³/mol. The normalized spacial score (nSPS) is 23.9. The molecule has 0 aromatic carbocycles. The van der Waals surface area contributed by atoms with E-state index < -0.39 is 5.60 Å². The van der Waals surface area contributed by atoms with Crippen LogP contribution in [0.1, 0.15) is 42.4 Å². The van der Waals surface area contributed by atoms with Gasteiger partial charge in [0.15, 0.2) is 0 Å². The third kappa shape index (κ3) is 4.92. The molecule has 4 heteroatoms. The van der Waals surface area contributed by atoms with Gasteiger partial charge < -0.3 is 10.2 Å². The molecule has 1 aliphatic rings. The molecule has 0 bridgehead atoms. The van der Waals surface area contributed by atoms with Crippen molar-refractivity contribution in [1.82, 2.24) is 4.90 Å². The van der Waals surface area contributed by atoms with E-state index in [1.54, 1.807) is 11.3 Å². The number of thiophene rings is 1. The minimum Gasteiger partial charge on any atom is -0.395 e. The maximum atomic E-state index is 10.1. The first-order valence-corrected chi connectivity index (χ1v) is 8.04. The molecule has 2 N–H and O–H groups in total. The van der Waals surface area contributed by atoms with Crippen molar-refractivity contribution in [3.05, 3.63) is 21.9 Å². The quantitative estimate of drug-likeness (QED) is 0.840. The van der Waals surface area contributed by atoms with E-state index in [0.717, 1.165) is 43.8 Å². The van der Waals surface area contributed by atoms with Crippen molar-refractivity contribution >= 4 is 11.3 Å². The Kier molecular flexibility index (Phi) is 5.62. The smallest absolute Gasteiger partial charge is 0.0771 e. The van der Waals surface area contributed by atoms with Crippen molar-refractivity contribution in [3.8, 4) is 11.8 Å². The molecular weight excluding hydrogens is 270 g/mol. The zero-order valence-corrected chi connectivity index (χ0v) is 12.9.